The Morgan fingerprint density at radius 1 is 1.12 bits per heavy atom. The Kier molecular flexibility index (Phi) is 7.95. The molecule has 1 aliphatic heterocycles. The number of rotatable bonds is 9. The van der Waals surface area contributed by atoms with Crippen LogP contribution in [0, 0.1) is 17.6 Å². The molecule has 1 fully saturated rings. The first kappa shape index (κ1) is 27.5. The lowest BCUT2D eigenvalue weighted by Crippen LogP contribution is -2.37. The Hall–Kier alpha value is -4.08. The van der Waals surface area contributed by atoms with E-state index in [1.807, 2.05) is 11.8 Å². The van der Waals surface area contributed by atoms with Crippen molar-refractivity contribution in [3.63, 3.8) is 0 Å². The van der Waals surface area contributed by atoms with Gasteiger partial charge in [-0.3, -0.25) is 5.10 Å². The van der Waals surface area contributed by atoms with Gasteiger partial charge in [0.05, 0.1) is 35.0 Å². The number of aryl methyl sites for hydroxylation is 1. The number of anilines is 3. The molecule has 0 unspecified atom stereocenters. The van der Waals surface area contributed by atoms with Gasteiger partial charge in [-0.2, -0.15) is 5.10 Å². The molecule has 3 heterocycles. The van der Waals surface area contributed by atoms with Gasteiger partial charge in [0.1, 0.15) is 11.5 Å². The molecule has 4 aromatic rings. The number of nitroso groups, excluding NO2 is 1. The largest absolute Gasteiger partial charge is 0.490 e. The molecule has 2 N–H and O–H groups in total. The number of nitrogens with one attached hydrogen (secondary N) is 2. The summed E-state index contributed by atoms with van der Waals surface area (Å²) in [6.45, 7) is 4.01. The third-order valence-corrected chi connectivity index (χ3v) is 8.61. The van der Waals surface area contributed by atoms with E-state index in [9.17, 15) is 13.3 Å². The van der Waals surface area contributed by atoms with Gasteiger partial charge in [0.2, 0.25) is 15.6 Å². The number of hydrogen-bond acceptors (Lipinski definition) is 12. The molecule has 2 aromatic heterocycles. The van der Waals surface area contributed by atoms with Crippen LogP contribution in [0.3, 0.4) is 0 Å². The second kappa shape index (κ2) is 11.6. The van der Waals surface area contributed by atoms with E-state index in [1.54, 1.807) is 6.07 Å². The molecular weight excluding hydrogens is 561 g/mol. The van der Waals surface area contributed by atoms with Gasteiger partial charge >= 0.3 is 0 Å². The first-order chi connectivity index (χ1) is 19.3. The summed E-state index contributed by atoms with van der Waals surface area (Å²) >= 11 is 0.933. The van der Waals surface area contributed by atoms with Gasteiger partial charge < -0.3 is 19.7 Å². The fourth-order valence-corrected chi connectivity index (χ4v) is 6.07. The highest BCUT2D eigenvalue weighted by molar-refractivity contribution is 7.99. The summed E-state index contributed by atoms with van der Waals surface area (Å²) in [5, 5.41) is 13.1. The van der Waals surface area contributed by atoms with Crippen LogP contribution in [0.2, 0.25) is 0 Å². The quantitative estimate of drug-likeness (QED) is 0.209. The summed E-state index contributed by atoms with van der Waals surface area (Å²) in [4.78, 5) is 21.7. The minimum Gasteiger partial charge on any atom is -0.490 e. The number of H-pyrrole nitrogens is 1. The van der Waals surface area contributed by atoms with Gasteiger partial charge in [0, 0.05) is 24.8 Å². The summed E-state index contributed by atoms with van der Waals surface area (Å²) in [7, 11) is -2.58. The van der Waals surface area contributed by atoms with Gasteiger partial charge in [0.15, 0.2) is 22.6 Å². The number of halogens is 1. The molecular formula is C25H24FN7O5S2. The smallest absolute Gasteiger partial charge is 0.206 e. The molecule has 0 bridgehead atoms. The van der Waals surface area contributed by atoms with Crippen molar-refractivity contribution in [1.29, 1.82) is 0 Å². The average Bonchev–Trinajstić information content (AvgIpc) is 3.38. The molecule has 0 radical (unpaired) electrons. The van der Waals surface area contributed by atoms with Crippen molar-refractivity contribution in [2.45, 2.75) is 26.8 Å². The summed E-state index contributed by atoms with van der Waals surface area (Å²) < 4.78 is 52.5. The molecule has 40 heavy (non-hydrogen) atoms. The molecule has 1 aliphatic rings. The SMILES string of the molecule is COc1c(Nc2cc(C)[nH]n2)nc(Sc2ccc(S(=O)(=O)c3cccc(N=O)c3)cc2F)nc1N1CCOCC1. The Bertz CT molecular complexity index is 1660. The monoisotopic (exact) mass is 585 g/mol. The van der Waals surface area contributed by atoms with Crippen molar-refractivity contribution in [2.24, 2.45) is 5.18 Å². The van der Waals surface area contributed by atoms with Crippen LogP contribution >= 0.6 is 11.8 Å². The zero-order valence-corrected chi connectivity index (χ0v) is 23.1. The molecule has 208 valence electrons. The maximum atomic E-state index is 15.3. The summed E-state index contributed by atoms with van der Waals surface area (Å²) in [5.74, 6) is 0.951. The van der Waals surface area contributed by atoms with Crippen LogP contribution in [0.4, 0.5) is 27.5 Å². The number of nitrogens with zero attached hydrogens (tertiary/aromatic N) is 5. The highest BCUT2D eigenvalue weighted by atomic mass is 32.2. The minimum atomic E-state index is -4.09. The van der Waals surface area contributed by atoms with E-state index in [0.717, 1.165) is 29.6 Å². The molecule has 0 amide bonds. The fraction of sp³-hybridized carbons (Fsp3) is 0.240. The lowest BCUT2D eigenvalue weighted by atomic mass is 10.3. The van der Waals surface area contributed by atoms with Gasteiger partial charge in [-0.25, -0.2) is 22.8 Å². The third kappa shape index (κ3) is 5.76. The van der Waals surface area contributed by atoms with Crippen molar-refractivity contribution >= 4 is 44.7 Å². The lowest BCUT2D eigenvalue weighted by Gasteiger charge is -2.29. The number of hydrogen-bond donors (Lipinski definition) is 2. The van der Waals surface area contributed by atoms with Crippen molar-refractivity contribution in [3.05, 3.63) is 64.9 Å². The Morgan fingerprint density at radius 2 is 1.90 bits per heavy atom. The van der Waals surface area contributed by atoms with E-state index in [0.29, 0.717) is 49.5 Å². The normalized spacial score (nSPS) is 13.7. The molecule has 0 atom stereocenters. The number of morpholine rings is 1. The molecule has 12 nitrogen and oxygen atoms in total. The summed E-state index contributed by atoms with van der Waals surface area (Å²) in [6, 6.07) is 10.6. The highest BCUT2D eigenvalue weighted by Crippen LogP contribution is 2.39. The van der Waals surface area contributed by atoms with Crippen molar-refractivity contribution < 1.29 is 22.3 Å². The highest BCUT2D eigenvalue weighted by Gasteiger charge is 2.25. The first-order valence-electron chi connectivity index (χ1n) is 12.0. The van der Waals surface area contributed by atoms with Crippen LogP contribution < -0.4 is 15.0 Å². The standard InChI is InChI=1S/C25H24FN7O5S2/c1-15-12-21(31-30-15)27-23-22(37-2)24(33-8-10-38-11-9-33)29-25(28-23)39-20-7-6-18(14-19(20)26)40(35,36)17-5-3-4-16(13-17)32-34/h3-7,12-14H,8-11H2,1-2H3,(H2,27,28,29,30,31). The Balaban J connectivity index is 1.50. The second-order valence-electron chi connectivity index (χ2n) is 8.66. The number of ether oxygens (including phenoxy) is 2. The predicted molar refractivity (Wildman–Crippen MR) is 146 cm³/mol. The summed E-state index contributed by atoms with van der Waals surface area (Å²) in [6.07, 6.45) is 0. The maximum absolute atomic E-state index is 15.3. The van der Waals surface area contributed by atoms with E-state index >= 15 is 4.39 Å². The summed E-state index contributed by atoms with van der Waals surface area (Å²) in [5.41, 5.74) is 0.792. The van der Waals surface area contributed by atoms with Crippen molar-refractivity contribution in [2.75, 3.05) is 43.6 Å². The molecule has 0 spiro atoms. The van der Waals surface area contributed by atoms with Gasteiger partial charge in [-0.1, -0.05) is 6.07 Å². The zero-order valence-electron chi connectivity index (χ0n) is 21.4. The Morgan fingerprint density at radius 3 is 2.58 bits per heavy atom. The first-order valence-corrected chi connectivity index (χ1v) is 14.3. The van der Waals surface area contributed by atoms with Crippen LogP contribution in [0.15, 0.2) is 73.6 Å². The predicted octanol–water partition coefficient (Wildman–Crippen LogP) is 4.62. The number of benzene rings is 2. The van der Waals surface area contributed by atoms with Crippen molar-refractivity contribution in [1.82, 2.24) is 20.2 Å². The Labute approximate surface area is 233 Å². The third-order valence-electron chi connectivity index (χ3n) is 5.94. The van der Waals surface area contributed by atoms with Crippen LogP contribution in [0.5, 0.6) is 5.75 Å². The van der Waals surface area contributed by atoms with Crippen LogP contribution in [-0.2, 0) is 14.6 Å². The average molecular weight is 586 g/mol. The maximum Gasteiger partial charge on any atom is 0.206 e. The molecule has 0 aliphatic carbocycles. The number of methoxy groups -OCH3 is 1. The van der Waals surface area contributed by atoms with E-state index < -0.39 is 15.7 Å². The van der Waals surface area contributed by atoms with Crippen LogP contribution in [-0.4, -0.2) is 62.0 Å². The lowest BCUT2D eigenvalue weighted by molar-refractivity contribution is 0.122. The van der Waals surface area contributed by atoms with Gasteiger partial charge in [-0.05, 0) is 60.3 Å². The number of aromatic nitrogens is 4. The minimum absolute atomic E-state index is 0.0455. The topological polar surface area (TPSA) is 152 Å². The number of aromatic amines is 1. The van der Waals surface area contributed by atoms with Crippen LogP contribution in [0.1, 0.15) is 5.69 Å². The number of sulfone groups is 1. The molecule has 2 aromatic carbocycles. The molecule has 15 heteroatoms. The van der Waals surface area contributed by atoms with Gasteiger partial charge in [-0.15, -0.1) is 4.91 Å². The molecule has 0 saturated carbocycles. The fourth-order valence-electron chi connectivity index (χ4n) is 4.00. The van der Waals surface area contributed by atoms with Crippen molar-refractivity contribution in [3.8, 4) is 5.75 Å². The van der Waals surface area contributed by atoms with Gasteiger partial charge in [0.25, 0.3) is 0 Å². The molecule has 1 saturated heterocycles. The molecule has 5 rings (SSSR count). The van der Waals surface area contributed by atoms with E-state index in [1.165, 1.54) is 37.4 Å². The zero-order chi connectivity index (χ0) is 28.3. The van der Waals surface area contributed by atoms with E-state index in [2.05, 4.69) is 30.7 Å². The van der Waals surface area contributed by atoms with E-state index in [4.69, 9.17) is 9.47 Å². The second-order valence-corrected chi connectivity index (χ2v) is 11.6. The van der Waals surface area contributed by atoms with E-state index in [-0.39, 0.29) is 25.5 Å². The van der Waals surface area contributed by atoms with Crippen LogP contribution in [0.25, 0.3) is 0 Å².